The number of carbonyl (C=O) groups excluding carboxylic acids is 1. The molecule has 0 spiro atoms. The van der Waals surface area contributed by atoms with Crippen molar-refractivity contribution in [1.82, 2.24) is 9.80 Å². The summed E-state index contributed by atoms with van der Waals surface area (Å²) in [6, 6.07) is 3.95. The first kappa shape index (κ1) is 21.3. The molecule has 1 heterocycles. The number of rotatable bonds is 10. The molecule has 1 aromatic carbocycles. The minimum atomic E-state index is -0.100. The maximum Gasteiger partial charge on any atom is 0.305 e. The molecule has 152 valence electrons. The number of esters is 1. The van der Waals surface area contributed by atoms with E-state index in [4.69, 9.17) is 18.9 Å². The zero-order valence-electron chi connectivity index (χ0n) is 17.0. The predicted octanol–water partition coefficient (Wildman–Crippen LogP) is 2.17. The van der Waals surface area contributed by atoms with Gasteiger partial charge < -0.3 is 23.8 Å². The quantitative estimate of drug-likeness (QED) is 0.577. The molecule has 0 amide bonds. The summed E-state index contributed by atoms with van der Waals surface area (Å²) in [5.74, 6) is 1.94. The maximum absolute atomic E-state index is 11.4. The van der Waals surface area contributed by atoms with Gasteiger partial charge >= 0.3 is 5.97 Å². The van der Waals surface area contributed by atoms with Crippen LogP contribution in [0.3, 0.4) is 0 Å². The number of piperazine rings is 1. The first-order chi connectivity index (χ1) is 13.1. The molecule has 0 radical (unpaired) electrons. The van der Waals surface area contributed by atoms with Crippen molar-refractivity contribution >= 4 is 5.97 Å². The Bertz CT molecular complexity index is 600. The Kier molecular flexibility index (Phi) is 8.67. The predicted molar refractivity (Wildman–Crippen MR) is 104 cm³/mol. The van der Waals surface area contributed by atoms with Crippen LogP contribution < -0.4 is 14.2 Å². The van der Waals surface area contributed by atoms with Gasteiger partial charge in [-0.25, -0.2) is 0 Å². The number of benzene rings is 1. The summed E-state index contributed by atoms with van der Waals surface area (Å²) >= 11 is 0. The van der Waals surface area contributed by atoms with E-state index in [-0.39, 0.29) is 5.97 Å². The van der Waals surface area contributed by atoms with Crippen molar-refractivity contribution in [2.75, 3.05) is 60.7 Å². The van der Waals surface area contributed by atoms with Gasteiger partial charge in [-0.05, 0) is 26.0 Å². The van der Waals surface area contributed by atoms with Crippen LogP contribution in [0.15, 0.2) is 12.1 Å². The van der Waals surface area contributed by atoms with Crippen molar-refractivity contribution < 1.29 is 23.7 Å². The standard InChI is InChI=1S/C20H32N2O5/c1-5-27-18(23)7-6-10-21-11-13-22(14-12-21)15-16-8-9-17(24-2)20(26-4)19(16)25-3/h8-9H,5-7,10-15H2,1-4H3. The van der Waals surface area contributed by atoms with Gasteiger partial charge in [0.2, 0.25) is 5.75 Å². The second-order valence-corrected chi connectivity index (χ2v) is 6.52. The highest BCUT2D eigenvalue weighted by molar-refractivity contribution is 5.69. The highest BCUT2D eigenvalue weighted by atomic mass is 16.5. The van der Waals surface area contributed by atoms with E-state index in [1.165, 1.54) is 0 Å². The number of carbonyl (C=O) groups is 1. The van der Waals surface area contributed by atoms with Crippen molar-refractivity contribution in [1.29, 1.82) is 0 Å². The molecule has 0 N–H and O–H groups in total. The lowest BCUT2D eigenvalue weighted by molar-refractivity contribution is -0.143. The Hall–Kier alpha value is -1.99. The lowest BCUT2D eigenvalue weighted by Crippen LogP contribution is -2.46. The van der Waals surface area contributed by atoms with Crippen LogP contribution in [0.4, 0.5) is 0 Å². The summed E-state index contributed by atoms with van der Waals surface area (Å²) < 4.78 is 21.4. The molecule has 0 aromatic heterocycles. The topological polar surface area (TPSA) is 60.5 Å². The molecule has 7 heteroatoms. The van der Waals surface area contributed by atoms with Gasteiger partial charge in [0.05, 0.1) is 27.9 Å². The average molecular weight is 380 g/mol. The fourth-order valence-corrected chi connectivity index (χ4v) is 3.38. The molecule has 1 aliphatic rings. The van der Waals surface area contributed by atoms with Gasteiger partial charge in [0.15, 0.2) is 11.5 Å². The lowest BCUT2D eigenvalue weighted by Gasteiger charge is -2.35. The molecule has 0 bridgehead atoms. The van der Waals surface area contributed by atoms with Crippen LogP contribution in [-0.4, -0.2) is 76.4 Å². The number of nitrogens with zero attached hydrogens (tertiary/aromatic N) is 2. The van der Waals surface area contributed by atoms with Gasteiger partial charge in [-0.1, -0.05) is 6.07 Å². The molecule has 1 aliphatic heterocycles. The maximum atomic E-state index is 11.4. The Morgan fingerprint density at radius 3 is 2.22 bits per heavy atom. The van der Waals surface area contributed by atoms with Crippen LogP contribution in [0.1, 0.15) is 25.3 Å². The van der Waals surface area contributed by atoms with Gasteiger partial charge in [0.25, 0.3) is 0 Å². The lowest BCUT2D eigenvalue weighted by atomic mass is 10.1. The first-order valence-electron chi connectivity index (χ1n) is 9.51. The third kappa shape index (κ3) is 6.01. The fourth-order valence-electron chi connectivity index (χ4n) is 3.38. The van der Waals surface area contributed by atoms with Crippen molar-refractivity contribution in [2.45, 2.75) is 26.3 Å². The Labute approximate surface area is 162 Å². The van der Waals surface area contributed by atoms with Crippen molar-refractivity contribution in [3.05, 3.63) is 17.7 Å². The SMILES string of the molecule is CCOC(=O)CCCN1CCN(Cc2ccc(OC)c(OC)c2OC)CC1. The van der Waals surface area contributed by atoms with E-state index < -0.39 is 0 Å². The van der Waals surface area contributed by atoms with Gasteiger partial charge in [-0.3, -0.25) is 9.69 Å². The molecule has 27 heavy (non-hydrogen) atoms. The first-order valence-corrected chi connectivity index (χ1v) is 9.51. The monoisotopic (exact) mass is 380 g/mol. The summed E-state index contributed by atoms with van der Waals surface area (Å²) in [7, 11) is 4.90. The van der Waals surface area contributed by atoms with Crippen LogP contribution in [0.5, 0.6) is 17.2 Å². The normalized spacial score (nSPS) is 15.4. The Morgan fingerprint density at radius 2 is 1.63 bits per heavy atom. The minimum Gasteiger partial charge on any atom is -0.493 e. The van der Waals surface area contributed by atoms with E-state index in [9.17, 15) is 4.79 Å². The van der Waals surface area contributed by atoms with E-state index in [0.717, 1.165) is 57.0 Å². The molecule has 1 saturated heterocycles. The highest BCUT2D eigenvalue weighted by Gasteiger charge is 2.21. The summed E-state index contributed by atoms with van der Waals surface area (Å²) in [4.78, 5) is 16.2. The number of hydrogen-bond donors (Lipinski definition) is 0. The molecule has 2 rings (SSSR count). The molecule has 1 aromatic rings. The van der Waals surface area contributed by atoms with Crippen LogP contribution in [0, 0.1) is 0 Å². The molecule has 0 saturated carbocycles. The largest absolute Gasteiger partial charge is 0.493 e. The zero-order chi connectivity index (χ0) is 19.6. The van der Waals surface area contributed by atoms with Crippen molar-refractivity contribution in [2.24, 2.45) is 0 Å². The number of methoxy groups -OCH3 is 3. The molecule has 7 nitrogen and oxygen atoms in total. The smallest absolute Gasteiger partial charge is 0.305 e. The van der Waals surface area contributed by atoms with Crippen LogP contribution in [0.25, 0.3) is 0 Å². The summed E-state index contributed by atoms with van der Waals surface area (Å²) in [5.41, 5.74) is 1.09. The van der Waals surface area contributed by atoms with Gasteiger partial charge in [-0.2, -0.15) is 0 Å². The van der Waals surface area contributed by atoms with E-state index in [0.29, 0.717) is 24.5 Å². The molecule has 0 unspecified atom stereocenters. The van der Waals surface area contributed by atoms with Gasteiger partial charge in [-0.15, -0.1) is 0 Å². The van der Waals surface area contributed by atoms with Crippen LogP contribution >= 0.6 is 0 Å². The summed E-state index contributed by atoms with van der Waals surface area (Å²) in [6.45, 7) is 8.00. The number of ether oxygens (including phenoxy) is 4. The fraction of sp³-hybridized carbons (Fsp3) is 0.650. The second-order valence-electron chi connectivity index (χ2n) is 6.52. The van der Waals surface area contributed by atoms with Gasteiger partial charge in [0.1, 0.15) is 0 Å². The third-order valence-electron chi connectivity index (χ3n) is 4.81. The van der Waals surface area contributed by atoms with Crippen LogP contribution in [-0.2, 0) is 16.1 Å². The summed E-state index contributed by atoms with van der Waals surface area (Å²) in [5, 5.41) is 0. The Balaban J connectivity index is 1.84. The average Bonchev–Trinajstić information content (AvgIpc) is 2.69. The number of hydrogen-bond acceptors (Lipinski definition) is 7. The van der Waals surface area contributed by atoms with Crippen LogP contribution in [0.2, 0.25) is 0 Å². The molecule has 1 fully saturated rings. The third-order valence-corrected chi connectivity index (χ3v) is 4.81. The van der Waals surface area contributed by atoms with Crippen molar-refractivity contribution in [3.8, 4) is 17.2 Å². The highest BCUT2D eigenvalue weighted by Crippen LogP contribution is 2.40. The minimum absolute atomic E-state index is 0.100. The molecular weight excluding hydrogens is 348 g/mol. The Morgan fingerprint density at radius 1 is 0.963 bits per heavy atom. The molecule has 0 atom stereocenters. The van der Waals surface area contributed by atoms with E-state index in [2.05, 4.69) is 9.80 Å². The van der Waals surface area contributed by atoms with E-state index >= 15 is 0 Å². The van der Waals surface area contributed by atoms with E-state index in [1.54, 1.807) is 21.3 Å². The van der Waals surface area contributed by atoms with Crippen molar-refractivity contribution in [3.63, 3.8) is 0 Å². The van der Waals surface area contributed by atoms with E-state index in [1.807, 2.05) is 19.1 Å². The molecule has 0 aliphatic carbocycles. The second kappa shape index (κ2) is 11.0. The zero-order valence-corrected chi connectivity index (χ0v) is 17.0. The van der Waals surface area contributed by atoms with Gasteiger partial charge in [0, 0.05) is 44.7 Å². The summed E-state index contributed by atoms with van der Waals surface area (Å²) in [6.07, 6.45) is 1.35. The molecular formula is C20H32N2O5.